The van der Waals surface area contributed by atoms with Crippen LogP contribution in [0.2, 0.25) is 0 Å². The lowest BCUT2D eigenvalue weighted by atomic mass is 10.2. The zero-order valence-electron chi connectivity index (χ0n) is 16.0. The van der Waals surface area contributed by atoms with E-state index < -0.39 is 17.3 Å². The first-order valence-corrected chi connectivity index (χ1v) is 9.05. The van der Waals surface area contributed by atoms with Crippen molar-refractivity contribution < 1.29 is 14.0 Å². The average molecular weight is 393 g/mol. The molecule has 0 saturated heterocycles. The number of aromatic nitrogens is 1. The smallest absolute Gasteiger partial charge is 0.267 e. The van der Waals surface area contributed by atoms with Crippen LogP contribution in [0.5, 0.6) is 0 Å². The number of nitrogens with zero attached hydrogens (tertiary/aromatic N) is 1. The van der Waals surface area contributed by atoms with Crippen molar-refractivity contribution in [2.75, 3.05) is 5.32 Å². The van der Waals surface area contributed by atoms with E-state index in [1.54, 1.807) is 36.5 Å². The summed E-state index contributed by atoms with van der Waals surface area (Å²) in [6.45, 7) is 3.64. The van der Waals surface area contributed by atoms with Gasteiger partial charge in [0.25, 0.3) is 17.4 Å². The molecule has 6 nitrogen and oxygen atoms in total. The third-order valence-corrected chi connectivity index (χ3v) is 4.12. The minimum absolute atomic E-state index is 0.0508. The van der Waals surface area contributed by atoms with Crippen molar-refractivity contribution in [3.05, 3.63) is 94.2 Å². The van der Waals surface area contributed by atoms with Gasteiger partial charge in [0.2, 0.25) is 0 Å². The molecule has 0 atom stereocenters. The van der Waals surface area contributed by atoms with E-state index in [1.807, 2.05) is 13.8 Å². The van der Waals surface area contributed by atoms with Gasteiger partial charge in [0.15, 0.2) is 0 Å². The van der Waals surface area contributed by atoms with Crippen LogP contribution in [0.15, 0.2) is 71.7 Å². The Morgan fingerprint density at radius 2 is 1.59 bits per heavy atom. The highest BCUT2D eigenvalue weighted by Gasteiger charge is 2.14. The molecule has 0 aliphatic heterocycles. The maximum atomic E-state index is 13.0. The Morgan fingerprint density at radius 3 is 2.21 bits per heavy atom. The Bertz CT molecular complexity index is 1090. The SMILES string of the molecule is CC(C)NC(=O)c1cccn(-c2ccc(NC(=O)c3ccc(F)cc3)cc2)c1=O. The highest BCUT2D eigenvalue weighted by Crippen LogP contribution is 2.14. The Labute approximate surface area is 167 Å². The molecule has 0 saturated carbocycles. The van der Waals surface area contributed by atoms with Crippen LogP contribution in [0.1, 0.15) is 34.6 Å². The van der Waals surface area contributed by atoms with Crippen LogP contribution in [0.25, 0.3) is 5.69 Å². The fourth-order valence-electron chi connectivity index (χ4n) is 2.72. The van der Waals surface area contributed by atoms with Gasteiger partial charge in [-0.2, -0.15) is 0 Å². The van der Waals surface area contributed by atoms with E-state index in [0.717, 1.165) is 0 Å². The number of benzene rings is 2. The lowest BCUT2D eigenvalue weighted by molar-refractivity contribution is 0.0940. The third kappa shape index (κ3) is 4.76. The maximum Gasteiger partial charge on any atom is 0.267 e. The molecule has 0 radical (unpaired) electrons. The van der Waals surface area contributed by atoms with Crippen LogP contribution in [-0.2, 0) is 0 Å². The molecule has 7 heteroatoms. The zero-order valence-corrected chi connectivity index (χ0v) is 16.0. The molecule has 0 bridgehead atoms. The summed E-state index contributed by atoms with van der Waals surface area (Å²) in [5, 5.41) is 5.41. The molecule has 1 aromatic heterocycles. The van der Waals surface area contributed by atoms with Crippen molar-refractivity contribution in [1.82, 2.24) is 9.88 Å². The number of carbonyl (C=O) groups excluding carboxylic acids is 2. The lowest BCUT2D eigenvalue weighted by Gasteiger charge is -2.11. The number of carbonyl (C=O) groups is 2. The highest BCUT2D eigenvalue weighted by molar-refractivity contribution is 6.04. The van der Waals surface area contributed by atoms with Gasteiger partial charge < -0.3 is 10.6 Å². The minimum Gasteiger partial charge on any atom is -0.350 e. The van der Waals surface area contributed by atoms with Gasteiger partial charge in [-0.3, -0.25) is 19.0 Å². The van der Waals surface area contributed by atoms with E-state index >= 15 is 0 Å². The van der Waals surface area contributed by atoms with Gasteiger partial charge in [-0.25, -0.2) is 4.39 Å². The molecule has 2 aromatic carbocycles. The Morgan fingerprint density at radius 1 is 0.931 bits per heavy atom. The number of hydrogen-bond donors (Lipinski definition) is 2. The number of rotatable bonds is 5. The average Bonchev–Trinajstić information content (AvgIpc) is 2.69. The molecular weight excluding hydrogens is 373 g/mol. The standard InChI is InChI=1S/C22H20FN3O3/c1-14(2)24-21(28)19-4-3-13-26(22(19)29)18-11-9-17(10-12-18)25-20(27)15-5-7-16(23)8-6-15/h3-14H,1-2H3,(H,24,28)(H,25,27). The number of pyridine rings is 1. The topological polar surface area (TPSA) is 80.2 Å². The van der Waals surface area contributed by atoms with Crippen molar-refractivity contribution in [3.63, 3.8) is 0 Å². The number of anilines is 1. The Hall–Kier alpha value is -3.74. The van der Waals surface area contributed by atoms with Crippen molar-refractivity contribution >= 4 is 17.5 Å². The van der Waals surface area contributed by atoms with Crippen LogP contribution in [0.4, 0.5) is 10.1 Å². The molecule has 148 valence electrons. The number of nitrogens with one attached hydrogen (secondary N) is 2. The van der Waals surface area contributed by atoms with Gasteiger partial charge in [0, 0.05) is 29.2 Å². The third-order valence-electron chi connectivity index (χ3n) is 4.12. The fourth-order valence-corrected chi connectivity index (χ4v) is 2.72. The monoisotopic (exact) mass is 393 g/mol. The van der Waals surface area contributed by atoms with Gasteiger partial charge in [-0.05, 0) is 74.5 Å². The van der Waals surface area contributed by atoms with E-state index in [1.165, 1.54) is 34.9 Å². The summed E-state index contributed by atoms with van der Waals surface area (Å²) in [5.41, 5.74) is 1.01. The Kier molecular flexibility index (Phi) is 5.87. The van der Waals surface area contributed by atoms with Crippen LogP contribution in [0, 0.1) is 5.82 Å². The van der Waals surface area contributed by atoms with Crippen molar-refractivity contribution in [3.8, 4) is 5.69 Å². The van der Waals surface area contributed by atoms with E-state index in [0.29, 0.717) is 16.9 Å². The number of halogens is 1. The van der Waals surface area contributed by atoms with Crippen molar-refractivity contribution in [2.24, 2.45) is 0 Å². The quantitative estimate of drug-likeness (QED) is 0.698. The van der Waals surface area contributed by atoms with Crippen LogP contribution in [-0.4, -0.2) is 22.4 Å². The highest BCUT2D eigenvalue weighted by atomic mass is 19.1. The maximum absolute atomic E-state index is 13.0. The second-order valence-electron chi connectivity index (χ2n) is 6.73. The first-order valence-electron chi connectivity index (χ1n) is 9.05. The predicted octanol–water partition coefficient (Wildman–Crippen LogP) is 3.37. The van der Waals surface area contributed by atoms with E-state index in [9.17, 15) is 18.8 Å². The summed E-state index contributed by atoms with van der Waals surface area (Å²) in [7, 11) is 0. The summed E-state index contributed by atoms with van der Waals surface area (Å²) in [4.78, 5) is 37.1. The van der Waals surface area contributed by atoms with Crippen LogP contribution < -0.4 is 16.2 Å². The van der Waals surface area contributed by atoms with Gasteiger partial charge in [0.1, 0.15) is 11.4 Å². The van der Waals surface area contributed by atoms with Gasteiger partial charge >= 0.3 is 0 Å². The molecule has 29 heavy (non-hydrogen) atoms. The van der Waals surface area contributed by atoms with Gasteiger partial charge in [-0.1, -0.05) is 0 Å². The molecule has 0 spiro atoms. The van der Waals surface area contributed by atoms with E-state index in [4.69, 9.17) is 0 Å². The molecule has 0 aliphatic rings. The fraction of sp³-hybridized carbons (Fsp3) is 0.136. The second-order valence-corrected chi connectivity index (χ2v) is 6.73. The van der Waals surface area contributed by atoms with Gasteiger partial charge in [0.05, 0.1) is 0 Å². The first kappa shape index (κ1) is 20.0. The van der Waals surface area contributed by atoms with E-state index in [-0.39, 0.29) is 17.5 Å². The lowest BCUT2D eigenvalue weighted by Crippen LogP contribution is -2.35. The molecule has 0 aliphatic carbocycles. The normalized spacial score (nSPS) is 10.6. The molecule has 3 aromatic rings. The van der Waals surface area contributed by atoms with Crippen LogP contribution >= 0.6 is 0 Å². The molecule has 2 amide bonds. The predicted molar refractivity (Wildman–Crippen MR) is 109 cm³/mol. The van der Waals surface area contributed by atoms with Crippen molar-refractivity contribution in [2.45, 2.75) is 19.9 Å². The minimum atomic E-state index is -0.436. The largest absolute Gasteiger partial charge is 0.350 e. The summed E-state index contributed by atoms with van der Waals surface area (Å²) in [5.74, 6) is -1.22. The summed E-state index contributed by atoms with van der Waals surface area (Å²) >= 11 is 0. The molecule has 0 unspecified atom stereocenters. The number of amides is 2. The van der Waals surface area contributed by atoms with Gasteiger partial charge in [-0.15, -0.1) is 0 Å². The molecule has 2 N–H and O–H groups in total. The summed E-state index contributed by atoms with van der Waals surface area (Å²) in [6.07, 6.45) is 1.57. The number of hydrogen-bond acceptors (Lipinski definition) is 3. The summed E-state index contributed by atoms with van der Waals surface area (Å²) < 4.78 is 14.3. The van der Waals surface area contributed by atoms with Crippen molar-refractivity contribution in [1.29, 1.82) is 0 Å². The van der Waals surface area contributed by atoms with Crippen LogP contribution in [0.3, 0.4) is 0 Å². The van der Waals surface area contributed by atoms with E-state index in [2.05, 4.69) is 10.6 Å². The molecular formula is C22H20FN3O3. The Balaban J connectivity index is 1.80. The molecule has 0 fully saturated rings. The first-order chi connectivity index (χ1) is 13.8. The molecule has 3 rings (SSSR count). The second kappa shape index (κ2) is 8.52. The molecule has 1 heterocycles. The zero-order chi connectivity index (χ0) is 21.0. The summed E-state index contributed by atoms with van der Waals surface area (Å²) in [6, 6.07) is 14.8.